The molecule has 3 rings (SSSR count). The van der Waals surface area contributed by atoms with Gasteiger partial charge in [-0.3, -0.25) is 14.5 Å². The van der Waals surface area contributed by atoms with E-state index >= 15 is 0 Å². The Labute approximate surface area is 130 Å². The summed E-state index contributed by atoms with van der Waals surface area (Å²) in [4.78, 5) is 22.6. The molecule has 0 bridgehead atoms. The van der Waals surface area contributed by atoms with E-state index in [0.29, 0.717) is 11.6 Å². The first-order valence-electron chi connectivity index (χ1n) is 7.78. The predicted molar refractivity (Wildman–Crippen MR) is 82.2 cm³/mol. The number of nitrogens with zero attached hydrogens (tertiary/aromatic N) is 5. The summed E-state index contributed by atoms with van der Waals surface area (Å²) in [5.74, 6) is 0.662. The smallest absolute Gasteiger partial charge is 0.274 e. The fourth-order valence-corrected chi connectivity index (χ4v) is 2.84. The number of piperidine rings is 1. The maximum absolute atomic E-state index is 12.4. The molecule has 116 valence electrons. The number of rotatable bonds is 4. The number of amides is 1. The van der Waals surface area contributed by atoms with Gasteiger partial charge in [0.05, 0.1) is 11.9 Å². The van der Waals surface area contributed by atoms with Crippen LogP contribution in [0.3, 0.4) is 0 Å². The van der Waals surface area contributed by atoms with Crippen molar-refractivity contribution in [2.24, 2.45) is 5.92 Å². The second kappa shape index (κ2) is 6.68. The van der Waals surface area contributed by atoms with Gasteiger partial charge >= 0.3 is 0 Å². The van der Waals surface area contributed by atoms with Gasteiger partial charge in [0.25, 0.3) is 5.91 Å². The van der Waals surface area contributed by atoms with Gasteiger partial charge in [0.2, 0.25) is 0 Å². The van der Waals surface area contributed by atoms with Crippen LogP contribution in [0.25, 0.3) is 0 Å². The third-order valence-electron chi connectivity index (χ3n) is 4.23. The molecule has 1 amide bonds. The molecule has 1 aliphatic heterocycles. The van der Waals surface area contributed by atoms with Crippen molar-refractivity contribution in [1.82, 2.24) is 24.6 Å². The maximum Gasteiger partial charge on any atom is 0.274 e. The summed E-state index contributed by atoms with van der Waals surface area (Å²) < 4.78 is 1.97. The highest BCUT2D eigenvalue weighted by molar-refractivity contribution is 5.92. The summed E-state index contributed by atoms with van der Waals surface area (Å²) in [5, 5.41) is 4.23. The van der Waals surface area contributed by atoms with Crippen LogP contribution < -0.4 is 0 Å². The highest BCUT2D eigenvalue weighted by Crippen LogP contribution is 2.22. The van der Waals surface area contributed by atoms with Gasteiger partial charge in [-0.1, -0.05) is 0 Å². The van der Waals surface area contributed by atoms with Crippen molar-refractivity contribution in [3.8, 4) is 0 Å². The van der Waals surface area contributed by atoms with Crippen molar-refractivity contribution in [3.63, 3.8) is 0 Å². The van der Waals surface area contributed by atoms with Crippen LogP contribution in [-0.2, 0) is 6.54 Å². The molecule has 0 unspecified atom stereocenters. The number of hydrogen-bond acceptors (Lipinski definition) is 4. The van der Waals surface area contributed by atoms with Crippen LogP contribution in [0, 0.1) is 12.8 Å². The second-order valence-electron chi connectivity index (χ2n) is 5.84. The monoisotopic (exact) mass is 299 g/mol. The molecule has 0 atom stereocenters. The normalized spacial score (nSPS) is 16.0. The first-order chi connectivity index (χ1) is 10.7. The minimum absolute atomic E-state index is 0.00183. The number of aromatic nitrogens is 4. The van der Waals surface area contributed by atoms with Crippen molar-refractivity contribution in [2.75, 3.05) is 13.1 Å². The van der Waals surface area contributed by atoms with Gasteiger partial charge in [-0.05, 0) is 38.2 Å². The van der Waals surface area contributed by atoms with Gasteiger partial charge in [-0.25, -0.2) is 4.98 Å². The Balaban J connectivity index is 1.48. The zero-order valence-electron chi connectivity index (χ0n) is 12.9. The average Bonchev–Trinajstić information content (AvgIpc) is 3.07. The van der Waals surface area contributed by atoms with E-state index in [0.717, 1.165) is 44.6 Å². The van der Waals surface area contributed by atoms with Crippen LogP contribution in [0.2, 0.25) is 0 Å². The molecule has 6 nitrogen and oxygen atoms in total. The molecule has 0 N–H and O–H groups in total. The molecule has 1 aliphatic rings. The number of hydrogen-bond donors (Lipinski definition) is 0. The predicted octanol–water partition coefficient (Wildman–Crippen LogP) is 1.92. The molecule has 2 aromatic rings. The van der Waals surface area contributed by atoms with E-state index in [4.69, 9.17) is 0 Å². The van der Waals surface area contributed by atoms with Gasteiger partial charge in [-0.15, -0.1) is 0 Å². The Morgan fingerprint density at radius 3 is 2.73 bits per heavy atom. The van der Waals surface area contributed by atoms with Crippen molar-refractivity contribution < 1.29 is 4.79 Å². The topological polar surface area (TPSA) is 63.9 Å². The standard InChI is InChI=1S/C16H21N5O/c1-13-11-18-15(12-17-13)16(22)20-8-3-14(4-9-20)5-10-21-7-2-6-19-21/h2,6-7,11-12,14H,3-5,8-10H2,1H3. The first-order valence-corrected chi connectivity index (χ1v) is 7.78. The van der Waals surface area contributed by atoms with Crippen LogP contribution in [0.1, 0.15) is 35.4 Å². The molecule has 3 heterocycles. The SMILES string of the molecule is Cc1cnc(C(=O)N2CCC(CCn3cccn3)CC2)cn1. The molecule has 0 spiro atoms. The molecule has 6 heteroatoms. The summed E-state index contributed by atoms with van der Waals surface area (Å²) in [7, 11) is 0. The fourth-order valence-electron chi connectivity index (χ4n) is 2.84. The third kappa shape index (κ3) is 3.50. The highest BCUT2D eigenvalue weighted by atomic mass is 16.2. The lowest BCUT2D eigenvalue weighted by atomic mass is 9.93. The van der Waals surface area contributed by atoms with E-state index in [2.05, 4.69) is 15.1 Å². The summed E-state index contributed by atoms with van der Waals surface area (Å²) in [6, 6.07) is 1.95. The largest absolute Gasteiger partial charge is 0.337 e. The summed E-state index contributed by atoms with van der Waals surface area (Å²) in [6.45, 7) is 4.43. The van der Waals surface area contributed by atoms with Crippen LogP contribution >= 0.6 is 0 Å². The lowest BCUT2D eigenvalue weighted by Crippen LogP contribution is -2.39. The summed E-state index contributed by atoms with van der Waals surface area (Å²) >= 11 is 0. The van der Waals surface area contributed by atoms with Gasteiger partial charge in [-0.2, -0.15) is 5.10 Å². The van der Waals surface area contributed by atoms with Gasteiger partial charge in [0.15, 0.2) is 0 Å². The molecule has 22 heavy (non-hydrogen) atoms. The van der Waals surface area contributed by atoms with Crippen molar-refractivity contribution in [1.29, 1.82) is 0 Å². The minimum Gasteiger partial charge on any atom is -0.337 e. The van der Waals surface area contributed by atoms with E-state index in [-0.39, 0.29) is 5.91 Å². The van der Waals surface area contributed by atoms with Crippen molar-refractivity contribution in [2.45, 2.75) is 32.7 Å². The third-order valence-corrected chi connectivity index (χ3v) is 4.23. The summed E-state index contributed by atoms with van der Waals surface area (Å²) in [6.07, 6.45) is 10.2. The Morgan fingerprint density at radius 1 is 1.27 bits per heavy atom. The van der Waals surface area contributed by atoms with E-state index in [1.165, 1.54) is 0 Å². The van der Waals surface area contributed by atoms with Gasteiger partial charge < -0.3 is 4.90 Å². The zero-order chi connectivity index (χ0) is 15.4. The van der Waals surface area contributed by atoms with Crippen LogP contribution in [0.4, 0.5) is 0 Å². The van der Waals surface area contributed by atoms with Gasteiger partial charge in [0.1, 0.15) is 5.69 Å². The fraction of sp³-hybridized carbons (Fsp3) is 0.500. The number of carbonyl (C=O) groups is 1. The zero-order valence-corrected chi connectivity index (χ0v) is 12.9. The molecule has 0 aromatic carbocycles. The molecule has 0 aliphatic carbocycles. The Kier molecular flexibility index (Phi) is 4.46. The first kappa shape index (κ1) is 14.7. The van der Waals surface area contributed by atoms with Gasteiger partial charge in [0, 0.05) is 38.2 Å². The molecule has 0 radical (unpaired) electrons. The quantitative estimate of drug-likeness (QED) is 0.865. The lowest BCUT2D eigenvalue weighted by molar-refractivity contribution is 0.0678. The number of carbonyl (C=O) groups excluding carboxylic acids is 1. The highest BCUT2D eigenvalue weighted by Gasteiger charge is 2.24. The van der Waals surface area contributed by atoms with E-state index in [1.54, 1.807) is 12.4 Å². The van der Waals surface area contributed by atoms with Crippen LogP contribution in [0.5, 0.6) is 0 Å². The Morgan fingerprint density at radius 2 is 2.09 bits per heavy atom. The maximum atomic E-state index is 12.4. The Hall–Kier alpha value is -2.24. The molecule has 1 fully saturated rings. The van der Waals surface area contributed by atoms with E-state index in [9.17, 15) is 4.79 Å². The lowest BCUT2D eigenvalue weighted by Gasteiger charge is -2.31. The van der Waals surface area contributed by atoms with Crippen molar-refractivity contribution in [3.05, 3.63) is 42.2 Å². The number of likely N-dealkylation sites (tertiary alicyclic amines) is 1. The Bertz CT molecular complexity index is 600. The van der Waals surface area contributed by atoms with E-state index < -0.39 is 0 Å². The number of aryl methyl sites for hydroxylation is 2. The molecule has 2 aromatic heterocycles. The van der Waals surface area contributed by atoms with Crippen LogP contribution in [-0.4, -0.2) is 43.6 Å². The molecular formula is C16H21N5O. The van der Waals surface area contributed by atoms with Crippen LogP contribution in [0.15, 0.2) is 30.9 Å². The average molecular weight is 299 g/mol. The second-order valence-corrected chi connectivity index (χ2v) is 5.84. The minimum atomic E-state index is -0.00183. The molecule has 0 saturated carbocycles. The summed E-state index contributed by atoms with van der Waals surface area (Å²) in [5.41, 5.74) is 1.27. The van der Waals surface area contributed by atoms with Crippen molar-refractivity contribution >= 4 is 5.91 Å². The molecular weight excluding hydrogens is 278 g/mol. The van der Waals surface area contributed by atoms with E-state index in [1.807, 2.05) is 35.0 Å². The molecule has 1 saturated heterocycles.